The molecule has 0 bridgehead atoms. The highest BCUT2D eigenvalue weighted by Gasteiger charge is 2.31. The number of thiazole rings is 1. The van der Waals surface area contributed by atoms with Gasteiger partial charge in [-0.2, -0.15) is 0 Å². The van der Waals surface area contributed by atoms with Gasteiger partial charge in [0.2, 0.25) is 0 Å². The lowest BCUT2D eigenvalue weighted by Crippen LogP contribution is -2.10. The van der Waals surface area contributed by atoms with Gasteiger partial charge < -0.3 is 4.74 Å². The Balaban J connectivity index is 1.98. The number of ketones is 1. The van der Waals surface area contributed by atoms with E-state index in [0.717, 1.165) is 10.7 Å². The van der Waals surface area contributed by atoms with E-state index < -0.39 is 0 Å². The summed E-state index contributed by atoms with van der Waals surface area (Å²) in [7, 11) is 0. The average Bonchev–Trinajstić information content (AvgIpc) is 2.87. The summed E-state index contributed by atoms with van der Waals surface area (Å²) in [5, 5.41) is 3.07. The number of carbonyl (C=O) groups is 1. The fourth-order valence-corrected chi connectivity index (χ4v) is 2.03. The van der Waals surface area contributed by atoms with Crippen molar-refractivity contribution >= 4 is 17.1 Å². The van der Waals surface area contributed by atoms with Gasteiger partial charge in [-0.3, -0.25) is 4.79 Å². The Kier molecular flexibility index (Phi) is 2.65. The Morgan fingerprint density at radius 2 is 2.50 bits per heavy atom. The maximum Gasteiger partial charge on any atom is 0.169 e. The molecular weight excluding hydrogens is 198 g/mol. The number of ether oxygens (including phenoxy) is 1. The van der Waals surface area contributed by atoms with Gasteiger partial charge in [0, 0.05) is 11.3 Å². The predicted molar refractivity (Wildman–Crippen MR) is 54.7 cm³/mol. The Labute approximate surface area is 87.1 Å². The highest BCUT2D eigenvalue weighted by Crippen LogP contribution is 2.20. The van der Waals surface area contributed by atoms with Crippen LogP contribution < -0.4 is 0 Å². The molecule has 14 heavy (non-hydrogen) atoms. The third-order valence-electron chi connectivity index (χ3n) is 2.11. The summed E-state index contributed by atoms with van der Waals surface area (Å²) < 4.78 is 4.92. The summed E-state index contributed by atoms with van der Waals surface area (Å²) in [5.41, 5.74) is 0.888. The van der Waals surface area contributed by atoms with Crippen LogP contribution in [-0.2, 0) is 16.0 Å². The molecule has 0 aliphatic carbocycles. The highest BCUT2D eigenvalue weighted by atomic mass is 32.1. The van der Waals surface area contributed by atoms with E-state index >= 15 is 0 Å². The first-order valence-corrected chi connectivity index (χ1v) is 5.63. The molecule has 1 aromatic heterocycles. The smallest absolute Gasteiger partial charge is 0.169 e. The van der Waals surface area contributed by atoms with Crippen LogP contribution in [0.25, 0.3) is 0 Å². The quantitative estimate of drug-likeness (QED) is 0.713. The van der Waals surface area contributed by atoms with Gasteiger partial charge in [0.1, 0.15) is 6.10 Å². The molecule has 1 unspecified atom stereocenters. The Morgan fingerprint density at radius 3 is 3.00 bits per heavy atom. The van der Waals surface area contributed by atoms with Crippen molar-refractivity contribution in [2.45, 2.75) is 32.3 Å². The van der Waals surface area contributed by atoms with E-state index in [1.165, 1.54) is 0 Å². The summed E-state index contributed by atoms with van der Waals surface area (Å²) >= 11 is 1.63. The zero-order valence-corrected chi connectivity index (χ0v) is 9.13. The van der Waals surface area contributed by atoms with E-state index in [1.807, 2.05) is 5.38 Å². The van der Waals surface area contributed by atoms with Crippen LogP contribution in [0.5, 0.6) is 0 Å². The van der Waals surface area contributed by atoms with Crippen molar-refractivity contribution in [1.29, 1.82) is 0 Å². The van der Waals surface area contributed by atoms with Gasteiger partial charge in [0.15, 0.2) is 5.78 Å². The second-order valence-corrected chi connectivity index (χ2v) is 4.69. The summed E-state index contributed by atoms with van der Waals surface area (Å²) in [6.45, 7) is 4.81. The normalized spacial score (nSPS) is 20.1. The molecule has 0 spiro atoms. The molecule has 1 aromatic rings. The van der Waals surface area contributed by atoms with Crippen molar-refractivity contribution in [3.63, 3.8) is 0 Å². The molecule has 1 fully saturated rings. The fraction of sp³-hybridized carbons (Fsp3) is 0.600. The van der Waals surface area contributed by atoms with E-state index in [2.05, 4.69) is 18.8 Å². The van der Waals surface area contributed by atoms with Crippen LogP contribution >= 0.6 is 11.3 Å². The van der Waals surface area contributed by atoms with Gasteiger partial charge in [0.25, 0.3) is 0 Å². The van der Waals surface area contributed by atoms with Crippen molar-refractivity contribution in [2.24, 2.45) is 0 Å². The number of Topliss-reactive ketones (excluding diaryl/α,β-unsaturated/α-hetero) is 1. The van der Waals surface area contributed by atoms with Crippen LogP contribution in [0.3, 0.4) is 0 Å². The van der Waals surface area contributed by atoms with E-state index in [1.54, 1.807) is 11.3 Å². The zero-order chi connectivity index (χ0) is 10.1. The van der Waals surface area contributed by atoms with E-state index in [4.69, 9.17) is 4.74 Å². The van der Waals surface area contributed by atoms with Gasteiger partial charge in [-0.15, -0.1) is 11.3 Å². The third-order valence-corrected chi connectivity index (χ3v) is 3.31. The molecule has 3 nitrogen and oxygen atoms in total. The highest BCUT2D eigenvalue weighted by molar-refractivity contribution is 7.09. The molecule has 0 aromatic carbocycles. The summed E-state index contributed by atoms with van der Waals surface area (Å²) in [5.74, 6) is 0.603. The molecule has 0 radical (unpaired) electrons. The van der Waals surface area contributed by atoms with Gasteiger partial charge in [-0.25, -0.2) is 4.98 Å². The van der Waals surface area contributed by atoms with Crippen LogP contribution in [0.15, 0.2) is 5.38 Å². The molecule has 0 saturated carbocycles. The predicted octanol–water partition coefficient (Wildman–Crippen LogP) is 1.78. The summed E-state index contributed by atoms with van der Waals surface area (Å²) in [6, 6.07) is 0. The summed E-state index contributed by atoms with van der Waals surface area (Å²) in [6.07, 6.45) is 0.285. The van der Waals surface area contributed by atoms with Crippen molar-refractivity contribution in [1.82, 2.24) is 4.98 Å². The van der Waals surface area contributed by atoms with Crippen LogP contribution in [0.2, 0.25) is 0 Å². The minimum Gasteiger partial charge on any atom is -0.365 e. The standard InChI is InChI=1S/C10H13NO2S/c1-6(2)10-11-7(5-14-10)3-8(12)9-4-13-9/h5-6,9H,3-4H2,1-2H3. The van der Waals surface area contributed by atoms with Gasteiger partial charge in [-0.1, -0.05) is 13.8 Å². The molecule has 1 aliphatic heterocycles. The second kappa shape index (κ2) is 3.79. The number of hydrogen-bond acceptors (Lipinski definition) is 4. The van der Waals surface area contributed by atoms with Gasteiger partial charge >= 0.3 is 0 Å². The van der Waals surface area contributed by atoms with Crippen molar-refractivity contribution in [3.8, 4) is 0 Å². The molecule has 76 valence electrons. The zero-order valence-electron chi connectivity index (χ0n) is 8.32. The minimum atomic E-state index is -0.140. The Morgan fingerprint density at radius 1 is 1.79 bits per heavy atom. The topological polar surface area (TPSA) is 42.5 Å². The monoisotopic (exact) mass is 211 g/mol. The molecule has 0 amide bonds. The minimum absolute atomic E-state index is 0.140. The number of epoxide rings is 1. The van der Waals surface area contributed by atoms with Crippen LogP contribution in [-0.4, -0.2) is 23.5 Å². The lowest BCUT2D eigenvalue weighted by atomic mass is 10.2. The van der Waals surface area contributed by atoms with E-state index in [0.29, 0.717) is 18.9 Å². The van der Waals surface area contributed by atoms with Crippen molar-refractivity contribution in [2.75, 3.05) is 6.61 Å². The lowest BCUT2D eigenvalue weighted by molar-refractivity contribution is -0.119. The first kappa shape index (κ1) is 9.80. The molecule has 1 atom stereocenters. The molecule has 1 saturated heterocycles. The maximum atomic E-state index is 11.4. The van der Waals surface area contributed by atoms with Gasteiger partial charge in [-0.05, 0) is 0 Å². The van der Waals surface area contributed by atoms with Crippen LogP contribution in [0.1, 0.15) is 30.5 Å². The third kappa shape index (κ3) is 2.19. The summed E-state index contributed by atoms with van der Waals surface area (Å²) in [4.78, 5) is 15.8. The molecule has 0 N–H and O–H groups in total. The molecule has 4 heteroatoms. The number of nitrogens with zero attached hydrogens (tertiary/aromatic N) is 1. The number of aromatic nitrogens is 1. The Hall–Kier alpha value is -0.740. The SMILES string of the molecule is CC(C)c1nc(CC(=O)C2CO2)cs1. The molecule has 2 heterocycles. The first-order valence-electron chi connectivity index (χ1n) is 4.75. The van der Waals surface area contributed by atoms with E-state index in [-0.39, 0.29) is 11.9 Å². The second-order valence-electron chi connectivity index (χ2n) is 3.80. The Bertz CT molecular complexity index is 342. The van der Waals surface area contributed by atoms with Crippen LogP contribution in [0.4, 0.5) is 0 Å². The fourth-order valence-electron chi connectivity index (χ4n) is 1.20. The first-order chi connectivity index (χ1) is 6.66. The average molecular weight is 211 g/mol. The number of hydrogen-bond donors (Lipinski definition) is 0. The number of carbonyl (C=O) groups excluding carboxylic acids is 1. The molecule has 2 rings (SSSR count). The lowest BCUT2D eigenvalue weighted by Gasteiger charge is -1.96. The van der Waals surface area contributed by atoms with E-state index in [9.17, 15) is 4.79 Å². The largest absolute Gasteiger partial charge is 0.365 e. The van der Waals surface area contributed by atoms with Crippen molar-refractivity contribution < 1.29 is 9.53 Å². The van der Waals surface area contributed by atoms with Crippen molar-refractivity contribution in [3.05, 3.63) is 16.1 Å². The molecular formula is C10H13NO2S. The van der Waals surface area contributed by atoms with Gasteiger partial charge in [0.05, 0.1) is 23.7 Å². The number of rotatable bonds is 4. The molecule has 1 aliphatic rings. The van der Waals surface area contributed by atoms with Crippen LogP contribution in [0, 0.1) is 0 Å². The maximum absolute atomic E-state index is 11.4.